The van der Waals surface area contributed by atoms with E-state index >= 15 is 0 Å². The summed E-state index contributed by atoms with van der Waals surface area (Å²) < 4.78 is 0. The Balaban J connectivity index is 3.29. The minimum absolute atomic E-state index is 0.0217. The molecule has 8 heteroatoms. The van der Waals surface area contributed by atoms with Crippen LogP contribution in [0.25, 0.3) is 0 Å². The van der Waals surface area contributed by atoms with Gasteiger partial charge in [-0.2, -0.15) is 0 Å². The van der Waals surface area contributed by atoms with Crippen LogP contribution in [0.1, 0.15) is 13.8 Å². The molecule has 0 aliphatic rings. The number of hydrogen-bond acceptors (Lipinski definition) is 4. The second-order valence-electron chi connectivity index (χ2n) is 3.47. The SMILES string of the molecule is CC(=O)Nc1cc([N+](=O)[O-])c(NC(C)=O)cc1Cl. The first-order chi connectivity index (χ1) is 8.31. The lowest BCUT2D eigenvalue weighted by Gasteiger charge is -2.08. The lowest BCUT2D eigenvalue weighted by atomic mass is 10.2. The van der Waals surface area contributed by atoms with Crippen molar-refractivity contribution in [2.24, 2.45) is 0 Å². The number of rotatable bonds is 3. The van der Waals surface area contributed by atoms with Crippen molar-refractivity contribution in [2.45, 2.75) is 13.8 Å². The van der Waals surface area contributed by atoms with Crippen molar-refractivity contribution in [3.8, 4) is 0 Å². The van der Waals surface area contributed by atoms with E-state index in [9.17, 15) is 19.7 Å². The Labute approximate surface area is 107 Å². The number of nitrogens with zero attached hydrogens (tertiary/aromatic N) is 1. The average molecular weight is 272 g/mol. The van der Waals surface area contributed by atoms with E-state index < -0.39 is 16.7 Å². The second kappa shape index (κ2) is 5.46. The Hall–Kier alpha value is -2.15. The Morgan fingerprint density at radius 2 is 1.67 bits per heavy atom. The highest BCUT2D eigenvalue weighted by molar-refractivity contribution is 6.34. The van der Waals surface area contributed by atoms with Gasteiger partial charge in [0.25, 0.3) is 5.69 Å². The highest BCUT2D eigenvalue weighted by atomic mass is 35.5. The molecule has 0 spiro atoms. The van der Waals surface area contributed by atoms with E-state index in [1.54, 1.807) is 0 Å². The smallest absolute Gasteiger partial charge is 0.294 e. The van der Waals surface area contributed by atoms with E-state index in [1.807, 2.05) is 0 Å². The van der Waals surface area contributed by atoms with Crippen molar-refractivity contribution in [2.75, 3.05) is 10.6 Å². The first-order valence-corrected chi connectivity index (χ1v) is 5.22. The predicted molar refractivity (Wildman–Crippen MR) is 66.7 cm³/mol. The summed E-state index contributed by atoms with van der Waals surface area (Å²) in [5.74, 6) is -0.861. The van der Waals surface area contributed by atoms with Gasteiger partial charge in [0, 0.05) is 19.9 Å². The van der Waals surface area contributed by atoms with E-state index in [1.165, 1.54) is 19.9 Å². The molecule has 0 saturated heterocycles. The first-order valence-electron chi connectivity index (χ1n) is 4.84. The topological polar surface area (TPSA) is 101 Å². The van der Waals surface area contributed by atoms with E-state index in [0.717, 1.165) is 6.07 Å². The lowest BCUT2D eigenvalue weighted by molar-refractivity contribution is -0.383. The molecule has 0 fully saturated rings. The van der Waals surface area contributed by atoms with Gasteiger partial charge in [0.2, 0.25) is 11.8 Å². The number of nitrogens with one attached hydrogen (secondary N) is 2. The number of carbonyl (C=O) groups is 2. The summed E-state index contributed by atoms with van der Waals surface area (Å²) in [6.45, 7) is 2.48. The van der Waals surface area contributed by atoms with Crippen LogP contribution in [-0.4, -0.2) is 16.7 Å². The number of halogens is 1. The second-order valence-corrected chi connectivity index (χ2v) is 3.88. The highest BCUT2D eigenvalue weighted by Gasteiger charge is 2.18. The molecule has 1 aromatic carbocycles. The Morgan fingerprint density at radius 3 is 2.11 bits per heavy atom. The molecule has 7 nitrogen and oxygen atoms in total. The molecule has 0 unspecified atom stereocenters. The molecule has 0 saturated carbocycles. The van der Waals surface area contributed by atoms with Crippen molar-refractivity contribution in [1.29, 1.82) is 0 Å². The minimum atomic E-state index is -0.674. The average Bonchev–Trinajstić information content (AvgIpc) is 2.19. The van der Waals surface area contributed by atoms with Gasteiger partial charge < -0.3 is 10.6 Å². The normalized spacial score (nSPS) is 9.72. The van der Waals surface area contributed by atoms with Crippen molar-refractivity contribution >= 4 is 40.5 Å². The summed E-state index contributed by atoms with van der Waals surface area (Å²) in [4.78, 5) is 32.0. The molecule has 96 valence electrons. The fraction of sp³-hybridized carbons (Fsp3) is 0.200. The van der Waals surface area contributed by atoms with Crippen molar-refractivity contribution in [3.05, 3.63) is 27.3 Å². The van der Waals surface area contributed by atoms with Gasteiger partial charge in [0.05, 0.1) is 15.6 Å². The summed E-state index contributed by atoms with van der Waals surface area (Å²) in [7, 11) is 0. The number of anilines is 2. The number of nitro groups is 1. The number of nitro benzene ring substituents is 1. The van der Waals surface area contributed by atoms with Crippen molar-refractivity contribution < 1.29 is 14.5 Å². The summed E-state index contributed by atoms with van der Waals surface area (Å²) in [5, 5.41) is 15.6. The zero-order valence-corrected chi connectivity index (χ0v) is 10.4. The van der Waals surface area contributed by atoms with Gasteiger partial charge in [-0.1, -0.05) is 11.6 Å². The molecule has 0 bridgehead atoms. The number of amides is 2. The van der Waals surface area contributed by atoms with Crippen LogP contribution < -0.4 is 10.6 Å². The third kappa shape index (κ3) is 3.42. The van der Waals surface area contributed by atoms with Crippen LogP contribution in [-0.2, 0) is 9.59 Å². The van der Waals surface area contributed by atoms with E-state index in [0.29, 0.717) is 0 Å². The molecule has 18 heavy (non-hydrogen) atoms. The van der Waals surface area contributed by atoms with Crippen LogP contribution in [0, 0.1) is 10.1 Å². The molecule has 2 N–H and O–H groups in total. The van der Waals surface area contributed by atoms with Crippen LogP contribution in [0.4, 0.5) is 17.1 Å². The largest absolute Gasteiger partial charge is 0.325 e. The third-order valence-corrected chi connectivity index (χ3v) is 2.22. The quantitative estimate of drug-likeness (QED) is 0.649. The molecule has 0 radical (unpaired) electrons. The molecule has 0 aliphatic carbocycles. The van der Waals surface area contributed by atoms with Gasteiger partial charge in [-0.3, -0.25) is 19.7 Å². The van der Waals surface area contributed by atoms with Gasteiger partial charge >= 0.3 is 0 Å². The zero-order valence-electron chi connectivity index (χ0n) is 9.61. The maximum absolute atomic E-state index is 10.9. The summed E-state index contributed by atoms with van der Waals surface area (Å²) in [5.41, 5.74) is -0.255. The third-order valence-electron chi connectivity index (χ3n) is 1.90. The summed E-state index contributed by atoms with van der Waals surface area (Å²) in [6.07, 6.45) is 0. The Bertz CT molecular complexity index is 530. The molecule has 0 atom stereocenters. The van der Waals surface area contributed by atoms with Crippen LogP contribution in [0.3, 0.4) is 0 Å². The van der Waals surface area contributed by atoms with Crippen LogP contribution in [0.5, 0.6) is 0 Å². The van der Waals surface area contributed by atoms with Crippen LogP contribution >= 0.6 is 11.6 Å². The highest BCUT2D eigenvalue weighted by Crippen LogP contribution is 2.34. The predicted octanol–water partition coefficient (Wildman–Crippen LogP) is 2.17. The molecule has 0 aliphatic heterocycles. The number of carbonyl (C=O) groups excluding carboxylic acids is 2. The van der Waals surface area contributed by atoms with E-state index in [-0.39, 0.29) is 22.1 Å². The number of hydrogen-bond donors (Lipinski definition) is 2. The van der Waals surface area contributed by atoms with Crippen LogP contribution in [0.2, 0.25) is 5.02 Å². The lowest BCUT2D eigenvalue weighted by Crippen LogP contribution is -2.10. The summed E-state index contributed by atoms with van der Waals surface area (Å²) in [6, 6.07) is 2.31. The van der Waals surface area contributed by atoms with Gasteiger partial charge in [0.15, 0.2) is 0 Å². The molecule has 1 rings (SSSR count). The molecule has 0 aromatic heterocycles. The molecule has 0 heterocycles. The maximum atomic E-state index is 10.9. The van der Waals surface area contributed by atoms with E-state index in [4.69, 9.17) is 11.6 Å². The Morgan fingerprint density at radius 1 is 1.17 bits per heavy atom. The molecular weight excluding hydrogens is 262 g/mol. The van der Waals surface area contributed by atoms with Gasteiger partial charge in [-0.15, -0.1) is 0 Å². The summed E-state index contributed by atoms with van der Waals surface area (Å²) >= 11 is 5.84. The zero-order chi connectivity index (χ0) is 13.9. The number of benzene rings is 1. The molecular formula is C10H10ClN3O4. The van der Waals surface area contributed by atoms with Gasteiger partial charge in [0.1, 0.15) is 5.69 Å². The first kappa shape index (κ1) is 13.9. The van der Waals surface area contributed by atoms with E-state index in [2.05, 4.69) is 10.6 Å². The van der Waals surface area contributed by atoms with Gasteiger partial charge in [-0.25, -0.2) is 0 Å². The van der Waals surface area contributed by atoms with Crippen molar-refractivity contribution in [1.82, 2.24) is 0 Å². The fourth-order valence-electron chi connectivity index (χ4n) is 1.29. The van der Waals surface area contributed by atoms with Crippen molar-refractivity contribution in [3.63, 3.8) is 0 Å². The van der Waals surface area contributed by atoms with Gasteiger partial charge in [-0.05, 0) is 6.07 Å². The maximum Gasteiger partial charge on any atom is 0.294 e. The monoisotopic (exact) mass is 271 g/mol. The molecule has 1 aromatic rings. The standard InChI is InChI=1S/C10H10ClN3O4/c1-5(15)12-8-4-10(14(17)18)9(3-7(8)11)13-6(2)16/h3-4H,1-2H3,(H,12,15)(H,13,16). The van der Waals surface area contributed by atoms with Crippen LogP contribution in [0.15, 0.2) is 12.1 Å². The Kier molecular flexibility index (Phi) is 4.22. The minimum Gasteiger partial charge on any atom is -0.325 e. The fourth-order valence-corrected chi connectivity index (χ4v) is 1.50. The molecule has 2 amide bonds.